The number of nitrogens with one attached hydrogen (secondary N) is 2. The summed E-state index contributed by atoms with van der Waals surface area (Å²) in [7, 11) is 0. The fraction of sp³-hybridized carbons (Fsp3) is 0.458. The van der Waals surface area contributed by atoms with Crippen molar-refractivity contribution in [2.75, 3.05) is 31.1 Å². The van der Waals surface area contributed by atoms with Crippen molar-refractivity contribution in [3.8, 4) is 0 Å². The third-order valence-electron chi connectivity index (χ3n) is 5.48. The van der Waals surface area contributed by atoms with E-state index in [4.69, 9.17) is 4.99 Å². The van der Waals surface area contributed by atoms with Gasteiger partial charge < -0.3 is 20.6 Å². The number of rotatable bonds is 7. The van der Waals surface area contributed by atoms with Gasteiger partial charge in [-0.3, -0.25) is 0 Å². The van der Waals surface area contributed by atoms with Gasteiger partial charge >= 0.3 is 0 Å². The van der Waals surface area contributed by atoms with Gasteiger partial charge in [-0.15, -0.1) is 24.0 Å². The van der Waals surface area contributed by atoms with Crippen LogP contribution in [-0.4, -0.2) is 37.3 Å². The molecule has 0 atom stereocenters. The second kappa shape index (κ2) is 12.8. The maximum atomic E-state index is 9.30. The van der Waals surface area contributed by atoms with Gasteiger partial charge in [-0.25, -0.2) is 4.99 Å². The summed E-state index contributed by atoms with van der Waals surface area (Å²) in [5.74, 6) is 1.31. The molecule has 5 nitrogen and oxygen atoms in total. The minimum atomic E-state index is 0. The van der Waals surface area contributed by atoms with Gasteiger partial charge in [0.15, 0.2) is 5.96 Å². The molecule has 0 aliphatic carbocycles. The van der Waals surface area contributed by atoms with Crippen molar-refractivity contribution >= 4 is 35.6 Å². The third kappa shape index (κ3) is 7.47. The van der Waals surface area contributed by atoms with Gasteiger partial charge in [-0.2, -0.15) is 0 Å². The first kappa shape index (κ1) is 24.5. The van der Waals surface area contributed by atoms with E-state index in [0.717, 1.165) is 45.0 Å². The molecule has 0 spiro atoms. The topological polar surface area (TPSA) is 59.9 Å². The molecule has 3 rings (SSSR count). The Morgan fingerprint density at radius 2 is 1.80 bits per heavy atom. The van der Waals surface area contributed by atoms with Gasteiger partial charge in [-0.05, 0) is 55.9 Å². The van der Waals surface area contributed by atoms with Gasteiger partial charge in [0, 0.05) is 38.5 Å². The molecule has 30 heavy (non-hydrogen) atoms. The van der Waals surface area contributed by atoms with Crippen molar-refractivity contribution < 1.29 is 5.11 Å². The molecule has 0 unspecified atom stereocenters. The summed E-state index contributed by atoms with van der Waals surface area (Å²) in [4.78, 5) is 7.13. The van der Waals surface area contributed by atoms with Crippen LogP contribution in [0.15, 0.2) is 53.5 Å². The Bertz CT molecular complexity index is 786. The number of benzene rings is 2. The summed E-state index contributed by atoms with van der Waals surface area (Å²) in [6, 6.07) is 17.2. The molecule has 1 saturated heterocycles. The van der Waals surface area contributed by atoms with Crippen molar-refractivity contribution in [3.63, 3.8) is 0 Å². The van der Waals surface area contributed by atoms with E-state index in [9.17, 15) is 5.11 Å². The van der Waals surface area contributed by atoms with Crippen molar-refractivity contribution in [1.29, 1.82) is 0 Å². The molecule has 2 aromatic rings. The Labute approximate surface area is 198 Å². The fourth-order valence-corrected chi connectivity index (χ4v) is 3.71. The van der Waals surface area contributed by atoms with Gasteiger partial charge in [-0.1, -0.05) is 42.0 Å². The third-order valence-corrected chi connectivity index (χ3v) is 5.48. The number of halogens is 1. The van der Waals surface area contributed by atoms with Gasteiger partial charge in [0.05, 0.1) is 6.54 Å². The molecular weight excluding hydrogens is 487 g/mol. The van der Waals surface area contributed by atoms with E-state index < -0.39 is 0 Å². The van der Waals surface area contributed by atoms with Crippen LogP contribution < -0.4 is 15.5 Å². The van der Waals surface area contributed by atoms with Gasteiger partial charge in [0.1, 0.15) is 0 Å². The summed E-state index contributed by atoms with van der Waals surface area (Å²) in [6.07, 6.45) is 2.15. The quantitative estimate of drug-likeness (QED) is 0.292. The molecule has 6 heteroatoms. The fourth-order valence-electron chi connectivity index (χ4n) is 3.71. The highest BCUT2D eigenvalue weighted by molar-refractivity contribution is 14.0. The number of anilines is 1. The Hall–Kier alpha value is -1.80. The standard InChI is InChI=1S/C24H34N4O.HI/c1-3-25-24(27-17-22-6-4-5-19(2)15-22)26-16-20-7-9-23(10-8-20)28-13-11-21(18-29)12-14-28;/h4-10,15,21,29H,3,11-14,16-18H2,1-2H3,(H2,25,26,27);1H. The van der Waals surface area contributed by atoms with Crippen LogP contribution in [0.5, 0.6) is 0 Å². The van der Waals surface area contributed by atoms with E-state index in [0.29, 0.717) is 19.1 Å². The lowest BCUT2D eigenvalue weighted by atomic mass is 9.97. The molecule has 1 fully saturated rings. The molecular formula is C24H35IN4O. The molecule has 0 bridgehead atoms. The smallest absolute Gasteiger partial charge is 0.191 e. The van der Waals surface area contributed by atoms with Crippen LogP contribution in [0.25, 0.3) is 0 Å². The Morgan fingerprint density at radius 1 is 1.07 bits per heavy atom. The lowest BCUT2D eigenvalue weighted by Crippen LogP contribution is -2.36. The maximum absolute atomic E-state index is 9.30. The Kier molecular flexibility index (Phi) is 10.4. The van der Waals surface area contributed by atoms with Crippen LogP contribution in [0.3, 0.4) is 0 Å². The van der Waals surface area contributed by atoms with Crippen LogP contribution in [0.2, 0.25) is 0 Å². The molecule has 0 saturated carbocycles. The number of nitrogens with zero attached hydrogens (tertiary/aromatic N) is 2. The number of guanidine groups is 1. The highest BCUT2D eigenvalue weighted by Gasteiger charge is 2.18. The number of aliphatic hydroxyl groups is 1. The number of hydrogen-bond acceptors (Lipinski definition) is 3. The first-order valence-corrected chi connectivity index (χ1v) is 10.7. The maximum Gasteiger partial charge on any atom is 0.191 e. The minimum absolute atomic E-state index is 0. The summed E-state index contributed by atoms with van der Waals surface area (Å²) < 4.78 is 0. The molecule has 1 heterocycles. The first-order valence-electron chi connectivity index (χ1n) is 10.7. The zero-order chi connectivity index (χ0) is 20.5. The molecule has 164 valence electrons. The largest absolute Gasteiger partial charge is 0.396 e. The number of aliphatic imine (C=N–C) groups is 1. The van der Waals surface area contributed by atoms with Crippen LogP contribution in [0, 0.1) is 12.8 Å². The molecule has 0 radical (unpaired) electrons. The van der Waals surface area contributed by atoms with Crippen molar-refractivity contribution in [2.45, 2.75) is 39.8 Å². The molecule has 0 amide bonds. The normalized spacial score (nSPS) is 14.9. The number of hydrogen-bond donors (Lipinski definition) is 3. The lowest BCUT2D eigenvalue weighted by Gasteiger charge is -2.33. The predicted molar refractivity (Wildman–Crippen MR) is 137 cm³/mol. The van der Waals surface area contributed by atoms with E-state index >= 15 is 0 Å². The van der Waals surface area contributed by atoms with Crippen molar-refractivity contribution in [3.05, 3.63) is 65.2 Å². The average Bonchev–Trinajstić information content (AvgIpc) is 2.76. The summed E-state index contributed by atoms with van der Waals surface area (Å²) in [5.41, 5.74) is 4.98. The minimum Gasteiger partial charge on any atom is -0.396 e. The van der Waals surface area contributed by atoms with Gasteiger partial charge in [0.2, 0.25) is 0 Å². The monoisotopic (exact) mass is 522 g/mol. The SMILES string of the molecule is CCNC(=NCc1cccc(C)c1)NCc1ccc(N2CCC(CO)CC2)cc1.I. The van der Waals surface area contributed by atoms with Gasteiger partial charge in [0.25, 0.3) is 0 Å². The predicted octanol–water partition coefficient (Wildman–Crippen LogP) is 4.08. The van der Waals surface area contributed by atoms with Crippen LogP contribution in [0.4, 0.5) is 5.69 Å². The van der Waals surface area contributed by atoms with Crippen LogP contribution in [0.1, 0.15) is 36.5 Å². The number of aryl methyl sites for hydroxylation is 1. The molecule has 1 aliphatic heterocycles. The molecule has 2 aromatic carbocycles. The van der Waals surface area contributed by atoms with E-state index in [-0.39, 0.29) is 24.0 Å². The van der Waals surface area contributed by atoms with Crippen molar-refractivity contribution in [1.82, 2.24) is 10.6 Å². The summed E-state index contributed by atoms with van der Waals surface area (Å²) in [6.45, 7) is 8.80. The van der Waals surface area contributed by atoms with E-state index in [1.165, 1.54) is 22.4 Å². The Balaban J connectivity index is 0.00000320. The zero-order valence-electron chi connectivity index (χ0n) is 18.1. The second-order valence-corrected chi connectivity index (χ2v) is 7.82. The summed E-state index contributed by atoms with van der Waals surface area (Å²) >= 11 is 0. The lowest BCUT2D eigenvalue weighted by molar-refractivity contribution is 0.203. The van der Waals surface area contributed by atoms with Crippen LogP contribution >= 0.6 is 24.0 Å². The number of piperidine rings is 1. The highest BCUT2D eigenvalue weighted by Crippen LogP contribution is 2.23. The summed E-state index contributed by atoms with van der Waals surface area (Å²) in [5, 5.41) is 16.1. The van der Waals surface area contributed by atoms with E-state index in [1.807, 2.05) is 0 Å². The molecule has 1 aliphatic rings. The first-order chi connectivity index (χ1) is 14.2. The molecule has 3 N–H and O–H groups in total. The average molecular weight is 522 g/mol. The van der Waals surface area contributed by atoms with Crippen LogP contribution in [-0.2, 0) is 13.1 Å². The zero-order valence-corrected chi connectivity index (χ0v) is 20.4. The Morgan fingerprint density at radius 3 is 2.43 bits per heavy atom. The van der Waals surface area contributed by atoms with E-state index in [1.54, 1.807) is 0 Å². The van der Waals surface area contributed by atoms with Crippen molar-refractivity contribution in [2.24, 2.45) is 10.9 Å². The van der Waals surface area contributed by atoms with E-state index in [2.05, 4.69) is 77.9 Å². The second-order valence-electron chi connectivity index (χ2n) is 7.82. The molecule has 0 aromatic heterocycles. The highest BCUT2D eigenvalue weighted by atomic mass is 127. The number of aliphatic hydroxyl groups excluding tert-OH is 1.